The van der Waals surface area contributed by atoms with Crippen molar-refractivity contribution in [2.45, 2.75) is 45.8 Å². The lowest BCUT2D eigenvalue weighted by molar-refractivity contribution is 0.00578. The second-order valence-corrected chi connectivity index (χ2v) is 8.12. The molecule has 2 aromatic heterocycles. The summed E-state index contributed by atoms with van der Waals surface area (Å²) in [4.78, 5) is 21.0. The van der Waals surface area contributed by atoms with Crippen molar-refractivity contribution in [1.29, 1.82) is 0 Å². The molecule has 3 heterocycles. The van der Waals surface area contributed by atoms with Crippen LogP contribution in [0.2, 0.25) is 5.15 Å². The van der Waals surface area contributed by atoms with E-state index in [4.69, 9.17) is 20.9 Å². The highest BCUT2D eigenvalue weighted by Crippen LogP contribution is 2.37. The van der Waals surface area contributed by atoms with Gasteiger partial charge in [-0.25, -0.2) is 9.97 Å². The van der Waals surface area contributed by atoms with Crippen LogP contribution in [0.1, 0.15) is 48.8 Å². The van der Waals surface area contributed by atoms with Crippen LogP contribution >= 0.6 is 22.9 Å². The summed E-state index contributed by atoms with van der Waals surface area (Å²) in [7, 11) is -0.529. The van der Waals surface area contributed by atoms with Crippen molar-refractivity contribution in [2.75, 3.05) is 0 Å². The molecule has 5 nitrogen and oxygen atoms in total. The van der Waals surface area contributed by atoms with Crippen molar-refractivity contribution >= 4 is 40.6 Å². The quantitative estimate of drug-likeness (QED) is 0.476. The van der Waals surface area contributed by atoms with Crippen molar-refractivity contribution in [3.63, 3.8) is 0 Å². The summed E-state index contributed by atoms with van der Waals surface area (Å²) in [6, 6.07) is 3.32. The van der Waals surface area contributed by atoms with Crippen LogP contribution in [-0.2, 0) is 9.31 Å². The van der Waals surface area contributed by atoms with E-state index in [9.17, 15) is 4.79 Å². The fourth-order valence-electron chi connectivity index (χ4n) is 2.34. The third kappa shape index (κ3) is 2.90. The topological polar surface area (TPSA) is 61.3 Å². The number of aryl methyl sites for hydroxylation is 1. The van der Waals surface area contributed by atoms with Gasteiger partial charge in [-0.05, 0) is 46.8 Å². The van der Waals surface area contributed by atoms with Gasteiger partial charge in [0, 0.05) is 11.9 Å². The van der Waals surface area contributed by atoms with Gasteiger partial charge in [0.15, 0.2) is 5.01 Å². The van der Waals surface area contributed by atoms with E-state index in [1.54, 1.807) is 18.3 Å². The maximum atomic E-state index is 12.6. The molecule has 126 valence electrons. The molecule has 0 aromatic carbocycles. The van der Waals surface area contributed by atoms with E-state index in [1.807, 2.05) is 34.6 Å². The average molecular weight is 365 g/mol. The number of hydrogen-bond acceptors (Lipinski definition) is 6. The molecule has 1 saturated heterocycles. The van der Waals surface area contributed by atoms with Crippen LogP contribution < -0.4 is 4.78 Å². The van der Waals surface area contributed by atoms with Gasteiger partial charge in [-0.3, -0.25) is 4.79 Å². The van der Waals surface area contributed by atoms with Crippen molar-refractivity contribution in [3.8, 4) is 0 Å². The number of thiazole rings is 1. The average Bonchev–Trinajstić information content (AvgIpc) is 2.96. The second-order valence-electron chi connectivity index (χ2n) is 6.73. The molecule has 0 radical (unpaired) electrons. The standard InChI is InChI=1S/C16H18BClN2O3S/c1-9-12(17-22-15(2,3)16(4,5)23-17)24-14(20-9)11(21)10-7-6-8-19-13(10)18/h6-8H,1-5H3. The number of nitrogens with zero attached hydrogens (tertiary/aromatic N) is 2. The zero-order valence-electron chi connectivity index (χ0n) is 14.2. The van der Waals surface area contributed by atoms with Gasteiger partial charge in [0.2, 0.25) is 5.78 Å². The minimum absolute atomic E-state index is 0.174. The first-order valence-electron chi connectivity index (χ1n) is 7.60. The molecule has 0 unspecified atom stereocenters. The molecule has 1 aliphatic heterocycles. The summed E-state index contributed by atoms with van der Waals surface area (Å²) < 4.78 is 12.9. The summed E-state index contributed by atoms with van der Waals surface area (Å²) in [5, 5.41) is 0.527. The molecule has 0 spiro atoms. The molecule has 0 bridgehead atoms. The van der Waals surface area contributed by atoms with E-state index < -0.39 is 18.3 Å². The van der Waals surface area contributed by atoms with Crippen LogP contribution in [0.4, 0.5) is 0 Å². The first-order valence-corrected chi connectivity index (χ1v) is 8.80. The smallest absolute Gasteiger partial charge is 0.399 e. The Kier molecular flexibility index (Phi) is 4.32. The third-order valence-electron chi connectivity index (χ3n) is 4.50. The highest BCUT2D eigenvalue weighted by atomic mass is 35.5. The van der Waals surface area contributed by atoms with E-state index in [0.29, 0.717) is 10.6 Å². The van der Waals surface area contributed by atoms with Crippen molar-refractivity contribution in [2.24, 2.45) is 0 Å². The summed E-state index contributed by atoms with van der Waals surface area (Å²) in [6.45, 7) is 9.81. The maximum Gasteiger partial charge on any atom is 0.507 e. The van der Waals surface area contributed by atoms with Crippen LogP contribution in [0.25, 0.3) is 0 Å². The fourth-order valence-corrected chi connectivity index (χ4v) is 3.53. The highest BCUT2D eigenvalue weighted by Gasteiger charge is 2.53. The van der Waals surface area contributed by atoms with Gasteiger partial charge in [0.05, 0.1) is 21.5 Å². The zero-order valence-corrected chi connectivity index (χ0v) is 15.8. The van der Waals surface area contributed by atoms with E-state index in [1.165, 1.54) is 11.3 Å². The number of carbonyl (C=O) groups is 1. The third-order valence-corrected chi connectivity index (χ3v) is 5.98. The molecule has 0 aliphatic carbocycles. The molecule has 0 saturated carbocycles. The summed E-state index contributed by atoms with van der Waals surface area (Å²) in [5.41, 5.74) is 0.186. The van der Waals surface area contributed by atoms with Crippen LogP contribution in [0.5, 0.6) is 0 Å². The van der Waals surface area contributed by atoms with Crippen molar-refractivity contribution in [1.82, 2.24) is 9.97 Å². The van der Waals surface area contributed by atoms with Gasteiger partial charge < -0.3 is 9.31 Å². The number of hydrogen-bond donors (Lipinski definition) is 0. The predicted molar refractivity (Wildman–Crippen MR) is 95.2 cm³/mol. The van der Waals surface area contributed by atoms with Crippen LogP contribution in [0.15, 0.2) is 18.3 Å². The molecule has 0 N–H and O–H groups in total. The largest absolute Gasteiger partial charge is 0.507 e. The second kappa shape index (κ2) is 5.91. The first-order chi connectivity index (χ1) is 11.1. The number of ketones is 1. The number of halogens is 1. The number of rotatable bonds is 3. The Hall–Kier alpha value is -1.28. The summed E-state index contributed by atoms with van der Waals surface area (Å²) in [6.07, 6.45) is 1.54. The molecule has 1 aliphatic rings. The van der Waals surface area contributed by atoms with Crippen LogP contribution in [0.3, 0.4) is 0 Å². The van der Waals surface area contributed by atoms with E-state index in [2.05, 4.69) is 9.97 Å². The molecule has 0 amide bonds. The lowest BCUT2D eigenvalue weighted by Crippen LogP contribution is -2.41. The Balaban J connectivity index is 1.92. The van der Waals surface area contributed by atoms with Crippen molar-refractivity contribution in [3.05, 3.63) is 39.7 Å². The number of carbonyl (C=O) groups excluding carboxylic acids is 1. The summed E-state index contributed by atoms with van der Waals surface area (Å²) >= 11 is 7.29. The zero-order chi connectivity index (χ0) is 17.7. The van der Waals surface area contributed by atoms with Crippen LogP contribution in [0, 0.1) is 6.92 Å². The Bertz CT molecular complexity index is 790. The molecule has 0 atom stereocenters. The van der Waals surface area contributed by atoms with Crippen LogP contribution in [-0.4, -0.2) is 34.1 Å². The Morgan fingerprint density at radius 3 is 2.46 bits per heavy atom. The monoisotopic (exact) mass is 364 g/mol. The molecular weight excluding hydrogens is 347 g/mol. The van der Waals surface area contributed by atoms with Gasteiger partial charge >= 0.3 is 7.12 Å². The Labute approximate surface area is 150 Å². The van der Waals surface area contributed by atoms with E-state index in [0.717, 1.165) is 10.5 Å². The SMILES string of the molecule is Cc1nc(C(=O)c2cccnc2Cl)sc1B1OC(C)(C)C(C)(C)O1. The van der Waals surface area contributed by atoms with Gasteiger partial charge in [-0.15, -0.1) is 11.3 Å². The predicted octanol–water partition coefficient (Wildman–Crippen LogP) is 3.03. The first kappa shape index (κ1) is 17.5. The highest BCUT2D eigenvalue weighted by molar-refractivity contribution is 7.23. The lowest BCUT2D eigenvalue weighted by Gasteiger charge is -2.32. The Morgan fingerprint density at radius 2 is 1.88 bits per heavy atom. The van der Waals surface area contributed by atoms with Gasteiger partial charge in [0.1, 0.15) is 5.15 Å². The number of aromatic nitrogens is 2. The van der Waals surface area contributed by atoms with Gasteiger partial charge in [0.25, 0.3) is 0 Å². The lowest BCUT2D eigenvalue weighted by atomic mass is 9.86. The molecule has 2 aromatic rings. The normalized spacial score (nSPS) is 18.8. The van der Waals surface area contributed by atoms with E-state index >= 15 is 0 Å². The molecular formula is C16H18BClN2O3S. The molecule has 3 rings (SSSR count). The van der Waals surface area contributed by atoms with E-state index in [-0.39, 0.29) is 10.9 Å². The Morgan fingerprint density at radius 1 is 1.25 bits per heavy atom. The van der Waals surface area contributed by atoms with Gasteiger partial charge in [-0.2, -0.15) is 0 Å². The molecule has 1 fully saturated rings. The molecule has 24 heavy (non-hydrogen) atoms. The summed E-state index contributed by atoms with van der Waals surface area (Å²) in [5.74, 6) is -0.246. The van der Waals surface area contributed by atoms with Crippen molar-refractivity contribution < 1.29 is 14.1 Å². The van der Waals surface area contributed by atoms with Gasteiger partial charge in [-0.1, -0.05) is 11.6 Å². The molecule has 8 heteroatoms. The number of pyridine rings is 1. The minimum atomic E-state index is -0.529. The maximum absolute atomic E-state index is 12.6. The minimum Gasteiger partial charge on any atom is -0.399 e. The fraction of sp³-hybridized carbons (Fsp3) is 0.438.